The average Bonchev–Trinajstić information content (AvgIpc) is 2.29. The Morgan fingerprint density at radius 3 is 2.10 bits per heavy atom. The third-order valence-corrected chi connectivity index (χ3v) is 3.67. The summed E-state index contributed by atoms with van der Waals surface area (Å²) in [6.07, 6.45) is 8.29. The van der Waals surface area contributed by atoms with Gasteiger partial charge >= 0.3 is 6.03 Å². The number of hydrogen-bond acceptors (Lipinski definition) is 2. The molecule has 0 heterocycles. The van der Waals surface area contributed by atoms with Gasteiger partial charge in [0.25, 0.3) is 0 Å². The van der Waals surface area contributed by atoms with Gasteiger partial charge < -0.3 is 15.5 Å². The summed E-state index contributed by atoms with van der Waals surface area (Å²) >= 11 is 0. The zero-order chi connectivity index (χ0) is 15.9. The molecule has 1 aliphatic carbocycles. The molecule has 21 heavy (non-hydrogen) atoms. The summed E-state index contributed by atoms with van der Waals surface area (Å²) in [7, 11) is 1.67. The van der Waals surface area contributed by atoms with Crippen molar-refractivity contribution in [2.75, 3.05) is 13.6 Å². The highest BCUT2D eigenvalue weighted by molar-refractivity contribution is 5.84. The molecule has 1 aliphatic rings. The Kier molecular flexibility index (Phi) is 6.99. The molecule has 0 aromatic heterocycles. The maximum Gasteiger partial charge on any atom is 0.317 e. The minimum Gasteiger partial charge on any atom is -0.350 e. The van der Waals surface area contributed by atoms with Gasteiger partial charge in [-0.25, -0.2) is 4.79 Å². The average molecular weight is 297 g/mol. The van der Waals surface area contributed by atoms with Crippen LogP contribution in [0.3, 0.4) is 0 Å². The zero-order valence-corrected chi connectivity index (χ0v) is 14.0. The lowest BCUT2D eigenvalue weighted by molar-refractivity contribution is -0.122. The van der Waals surface area contributed by atoms with Gasteiger partial charge in [0.1, 0.15) is 6.54 Å². The molecular weight excluding hydrogens is 266 g/mol. The van der Waals surface area contributed by atoms with E-state index in [0.29, 0.717) is 0 Å². The van der Waals surface area contributed by atoms with Crippen LogP contribution in [0.4, 0.5) is 4.79 Å². The van der Waals surface area contributed by atoms with E-state index in [-0.39, 0.29) is 30.1 Å². The molecule has 5 nitrogen and oxygen atoms in total. The first kappa shape index (κ1) is 17.8. The largest absolute Gasteiger partial charge is 0.350 e. The van der Waals surface area contributed by atoms with Crippen LogP contribution in [0.15, 0.2) is 0 Å². The van der Waals surface area contributed by atoms with Crippen LogP contribution in [-0.2, 0) is 4.79 Å². The highest BCUT2D eigenvalue weighted by atomic mass is 16.2. The normalized spacial score (nSPS) is 17.5. The minimum atomic E-state index is -0.270. The van der Waals surface area contributed by atoms with Crippen LogP contribution < -0.4 is 10.6 Å². The van der Waals surface area contributed by atoms with Crippen molar-refractivity contribution in [1.29, 1.82) is 0 Å². The van der Waals surface area contributed by atoms with Gasteiger partial charge in [-0.2, -0.15) is 0 Å². The summed E-state index contributed by atoms with van der Waals surface area (Å²) in [4.78, 5) is 25.4. The molecule has 0 unspecified atom stereocenters. The van der Waals surface area contributed by atoms with Crippen molar-refractivity contribution in [3.05, 3.63) is 0 Å². The molecule has 0 aromatic rings. The second-order valence-corrected chi connectivity index (χ2v) is 7.15. The maximum atomic E-state index is 12.1. The van der Waals surface area contributed by atoms with Gasteiger partial charge in [-0.1, -0.05) is 32.1 Å². The number of amides is 3. The predicted molar refractivity (Wildman–Crippen MR) is 85.2 cm³/mol. The van der Waals surface area contributed by atoms with Crippen LogP contribution >= 0.6 is 0 Å². The number of carbonyl (C=O) groups is 2. The molecule has 0 radical (unpaired) electrons. The topological polar surface area (TPSA) is 61.4 Å². The van der Waals surface area contributed by atoms with E-state index in [2.05, 4.69) is 10.6 Å². The lowest BCUT2D eigenvalue weighted by Gasteiger charge is -2.26. The van der Waals surface area contributed by atoms with Gasteiger partial charge in [-0.05, 0) is 33.6 Å². The highest BCUT2D eigenvalue weighted by Gasteiger charge is 2.20. The monoisotopic (exact) mass is 297 g/mol. The Morgan fingerprint density at radius 1 is 1.05 bits per heavy atom. The second-order valence-electron chi connectivity index (χ2n) is 7.15. The van der Waals surface area contributed by atoms with Crippen molar-refractivity contribution in [3.8, 4) is 0 Å². The number of nitrogens with one attached hydrogen (secondary N) is 2. The van der Waals surface area contributed by atoms with E-state index in [1.807, 2.05) is 20.8 Å². The molecule has 3 amide bonds. The van der Waals surface area contributed by atoms with Gasteiger partial charge in [-0.15, -0.1) is 0 Å². The van der Waals surface area contributed by atoms with Crippen LogP contribution in [0.5, 0.6) is 0 Å². The Bertz CT molecular complexity index is 342. The predicted octanol–water partition coefficient (Wildman–Crippen LogP) is 2.66. The van der Waals surface area contributed by atoms with Gasteiger partial charge in [0, 0.05) is 18.6 Å². The molecule has 5 heteroatoms. The first-order valence-corrected chi connectivity index (χ1v) is 8.10. The van der Waals surface area contributed by atoms with Crippen molar-refractivity contribution in [1.82, 2.24) is 15.5 Å². The van der Waals surface area contributed by atoms with Crippen LogP contribution in [0.2, 0.25) is 0 Å². The number of hydrogen-bond donors (Lipinski definition) is 2. The molecule has 2 N–H and O–H groups in total. The van der Waals surface area contributed by atoms with E-state index in [0.717, 1.165) is 12.8 Å². The first-order valence-electron chi connectivity index (χ1n) is 8.10. The Morgan fingerprint density at radius 2 is 1.57 bits per heavy atom. The molecule has 0 atom stereocenters. The summed E-state index contributed by atoms with van der Waals surface area (Å²) in [6.45, 7) is 5.88. The summed E-state index contributed by atoms with van der Waals surface area (Å²) in [6, 6.07) is 0.107. The van der Waals surface area contributed by atoms with Crippen LogP contribution in [0, 0.1) is 0 Å². The van der Waals surface area contributed by atoms with Crippen molar-refractivity contribution in [2.24, 2.45) is 0 Å². The lowest BCUT2D eigenvalue weighted by atomic mass is 9.97. The molecule has 0 saturated heterocycles. The molecule has 1 saturated carbocycles. The Balaban J connectivity index is 2.37. The summed E-state index contributed by atoms with van der Waals surface area (Å²) in [5, 5.41) is 5.93. The van der Waals surface area contributed by atoms with Crippen LogP contribution in [0.25, 0.3) is 0 Å². The van der Waals surface area contributed by atoms with E-state index >= 15 is 0 Å². The Labute approximate surface area is 128 Å². The lowest BCUT2D eigenvalue weighted by Crippen LogP contribution is -2.49. The van der Waals surface area contributed by atoms with Gasteiger partial charge in [0.05, 0.1) is 0 Å². The maximum absolute atomic E-state index is 12.1. The summed E-state index contributed by atoms with van der Waals surface area (Å²) in [5.41, 5.74) is -0.270. The number of likely N-dealkylation sites (N-methyl/N-ethyl adjacent to an activating group) is 1. The number of rotatable bonds is 3. The van der Waals surface area contributed by atoms with E-state index < -0.39 is 0 Å². The number of carbonyl (C=O) groups excluding carboxylic acids is 2. The molecule has 0 aromatic carbocycles. The number of nitrogens with zero attached hydrogens (tertiary/aromatic N) is 1. The number of urea groups is 1. The minimum absolute atomic E-state index is 0.0931. The van der Waals surface area contributed by atoms with E-state index in [4.69, 9.17) is 0 Å². The van der Waals surface area contributed by atoms with Gasteiger partial charge in [-0.3, -0.25) is 4.79 Å². The van der Waals surface area contributed by atoms with Crippen molar-refractivity contribution < 1.29 is 9.59 Å². The van der Waals surface area contributed by atoms with Crippen LogP contribution in [0.1, 0.15) is 65.7 Å². The summed E-state index contributed by atoms with van der Waals surface area (Å²) < 4.78 is 0. The first-order chi connectivity index (χ1) is 9.78. The zero-order valence-electron chi connectivity index (χ0n) is 14.0. The van der Waals surface area contributed by atoms with Gasteiger partial charge in [0.2, 0.25) is 5.91 Å². The fraction of sp³-hybridized carbons (Fsp3) is 0.875. The van der Waals surface area contributed by atoms with E-state index in [9.17, 15) is 9.59 Å². The molecule has 1 rings (SSSR count). The van der Waals surface area contributed by atoms with Crippen LogP contribution in [-0.4, -0.2) is 42.0 Å². The molecular formula is C16H31N3O2. The molecule has 0 bridgehead atoms. The highest BCUT2D eigenvalue weighted by Crippen LogP contribution is 2.17. The van der Waals surface area contributed by atoms with Crippen molar-refractivity contribution >= 4 is 11.9 Å². The van der Waals surface area contributed by atoms with E-state index in [1.165, 1.54) is 37.0 Å². The molecule has 122 valence electrons. The molecule has 0 aliphatic heterocycles. The Hall–Kier alpha value is -1.26. The van der Waals surface area contributed by atoms with Gasteiger partial charge in [0.15, 0.2) is 0 Å². The fourth-order valence-electron chi connectivity index (χ4n) is 2.63. The second kappa shape index (κ2) is 8.25. The third kappa shape index (κ3) is 7.93. The van der Waals surface area contributed by atoms with Crippen molar-refractivity contribution in [3.63, 3.8) is 0 Å². The quantitative estimate of drug-likeness (QED) is 0.841. The third-order valence-electron chi connectivity index (χ3n) is 3.67. The van der Waals surface area contributed by atoms with E-state index in [1.54, 1.807) is 7.05 Å². The van der Waals surface area contributed by atoms with Crippen molar-refractivity contribution in [2.45, 2.75) is 77.3 Å². The SMILES string of the molecule is CN(CC(=O)NC(C)(C)C)C(=O)NC1CCCCCCC1. The summed E-state index contributed by atoms with van der Waals surface area (Å²) in [5.74, 6) is -0.127. The molecule has 0 spiro atoms. The standard InChI is InChI=1S/C16H31N3O2/c1-16(2,3)18-14(20)12-19(4)15(21)17-13-10-8-6-5-7-9-11-13/h13H,5-12H2,1-4H3,(H,17,21)(H,18,20). The smallest absolute Gasteiger partial charge is 0.317 e. The fourth-order valence-corrected chi connectivity index (χ4v) is 2.63. The molecule has 1 fully saturated rings.